The molecule has 0 spiro atoms. The van der Waals surface area contributed by atoms with E-state index in [-0.39, 0.29) is 5.41 Å². The van der Waals surface area contributed by atoms with Gasteiger partial charge in [-0.1, -0.05) is 44.2 Å². The Hall–Kier alpha value is -0.640. The van der Waals surface area contributed by atoms with E-state index in [2.05, 4.69) is 76.9 Å². The number of hydrogen-bond acceptors (Lipinski definition) is 2. The van der Waals surface area contributed by atoms with Gasteiger partial charge in [-0.05, 0) is 46.9 Å². The van der Waals surface area contributed by atoms with Crippen LogP contribution in [0.3, 0.4) is 0 Å². The van der Waals surface area contributed by atoms with Gasteiger partial charge in [0.15, 0.2) is 0 Å². The number of hydrogen-bond donors (Lipinski definition) is 1. The summed E-state index contributed by atoms with van der Waals surface area (Å²) in [7, 11) is 0. The van der Waals surface area contributed by atoms with Crippen LogP contribution in [0.2, 0.25) is 0 Å². The highest BCUT2D eigenvalue weighted by molar-refractivity contribution is 9.10. The topological polar surface area (TPSA) is 12.0 Å². The first kappa shape index (κ1) is 15.7. The van der Waals surface area contributed by atoms with Crippen molar-refractivity contribution in [2.45, 2.75) is 32.1 Å². The molecule has 1 heterocycles. The number of thiophene rings is 1. The predicted octanol–water partition coefficient (Wildman–Crippen LogP) is 5.01. The van der Waals surface area contributed by atoms with Crippen molar-refractivity contribution in [3.05, 3.63) is 56.7 Å². The molecule has 1 aromatic carbocycles. The van der Waals surface area contributed by atoms with Crippen LogP contribution in [0.5, 0.6) is 0 Å². The Morgan fingerprint density at radius 1 is 1.20 bits per heavy atom. The van der Waals surface area contributed by atoms with E-state index in [4.69, 9.17) is 0 Å². The molecular formula is C17H22BrNS. The van der Waals surface area contributed by atoms with E-state index >= 15 is 0 Å². The Labute approximate surface area is 134 Å². The second-order valence-electron chi connectivity index (χ2n) is 5.19. The molecule has 0 aliphatic rings. The molecule has 1 atom stereocenters. The molecule has 2 aromatic rings. The Balaban J connectivity index is 2.31. The number of halogens is 1. The molecule has 0 bridgehead atoms. The maximum atomic E-state index is 3.57. The fraction of sp³-hybridized carbons (Fsp3) is 0.412. The summed E-state index contributed by atoms with van der Waals surface area (Å²) in [5, 5.41) is 5.73. The molecule has 0 aliphatic heterocycles. The number of benzene rings is 1. The SMILES string of the molecule is CCNCC(CC)(Cc1cc(Br)cs1)c1ccccc1. The van der Waals surface area contributed by atoms with Crippen LogP contribution in [0.4, 0.5) is 0 Å². The van der Waals surface area contributed by atoms with E-state index < -0.39 is 0 Å². The van der Waals surface area contributed by atoms with Crippen LogP contribution in [0.1, 0.15) is 30.7 Å². The van der Waals surface area contributed by atoms with Crippen LogP contribution in [0.15, 0.2) is 46.3 Å². The minimum atomic E-state index is 0.182. The Kier molecular flexibility index (Phi) is 5.82. The second-order valence-corrected chi connectivity index (χ2v) is 7.10. The zero-order chi connectivity index (χ0) is 14.4. The summed E-state index contributed by atoms with van der Waals surface area (Å²) in [6, 6.07) is 13.2. The monoisotopic (exact) mass is 351 g/mol. The highest BCUT2D eigenvalue weighted by Crippen LogP contribution is 2.34. The summed E-state index contributed by atoms with van der Waals surface area (Å²) in [5.41, 5.74) is 1.62. The molecule has 0 saturated carbocycles. The zero-order valence-corrected chi connectivity index (χ0v) is 14.6. The Morgan fingerprint density at radius 3 is 2.50 bits per heavy atom. The smallest absolute Gasteiger partial charge is 0.0285 e. The van der Waals surface area contributed by atoms with Crippen molar-refractivity contribution >= 4 is 27.3 Å². The fourth-order valence-corrected chi connectivity index (χ4v) is 4.25. The zero-order valence-electron chi connectivity index (χ0n) is 12.2. The maximum absolute atomic E-state index is 3.57. The van der Waals surface area contributed by atoms with Crippen molar-refractivity contribution in [2.75, 3.05) is 13.1 Å². The average molecular weight is 352 g/mol. The quantitative estimate of drug-likeness (QED) is 0.739. The van der Waals surface area contributed by atoms with Crippen LogP contribution in [0, 0.1) is 0 Å². The molecule has 0 aliphatic carbocycles. The van der Waals surface area contributed by atoms with E-state index in [9.17, 15) is 0 Å². The Bertz CT molecular complexity index is 523. The van der Waals surface area contributed by atoms with Crippen LogP contribution in [-0.4, -0.2) is 13.1 Å². The molecule has 1 nitrogen and oxygen atoms in total. The van der Waals surface area contributed by atoms with Gasteiger partial charge in [0.05, 0.1) is 0 Å². The van der Waals surface area contributed by atoms with E-state index in [0.717, 1.165) is 25.9 Å². The van der Waals surface area contributed by atoms with Gasteiger partial charge in [-0.2, -0.15) is 0 Å². The third-order valence-electron chi connectivity index (χ3n) is 3.91. The summed E-state index contributed by atoms with van der Waals surface area (Å²) in [6.07, 6.45) is 2.23. The predicted molar refractivity (Wildman–Crippen MR) is 92.7 cm³/mol. The first-order valence-electron chi connectivity index (χ1n) is 7.19. The summed E-state index contributed by atoms with van der Waals surface area (Å²) in [6.45, 7) is 6.52. The van der Waals surface area contributed by atoms with Gasteiger partial charge in [0, 0.05) is 26.7 Å². The van der Waals surface area contributed by atoms with E-state index in [0.29, 0.717) is 0 Å². The van der Waals surface area contributed by atoms with Gasteiger partial charge in [-0.25, -0.2) is 0 Å². The lowest BCUT2D eigenvalue weighted by atomic mass is 9.75. The number of likely N-dealkylation sites (N-methyl/N-ethyl adjacent to an activating group) is 1. The van der Waals surface area contributed by atoms with Crippen molar-refractivity contribution in [3.8, 4) is 0 Å². The highest BCUT2D eigenvalue weighted by atomic mass is 79.9. The first-order valence-corrected chi connectivity index (χ1v) is 8.86. The maximum Gasteiger partial charge on any atom is 0.0285 e. The minimum absolute atomic E-state index is 0.182. The van der Waals surface area contributed by atoms with Gasteiger partial charge in [0.1, 0.15) is 0 Å². The summed E-state index contributed by atoms with van der Waals surface area (Å²) < 4.78 is 1.19. The first-order chi connectivity index (χ1) is 9.70. The van der Waals surface area contributed by atoms with Crippen molar-refractivity contribution < 1.29 is 0 Å². The third kappa shape index (κ3) is 3.72. The Morgan fingerprint density at radius 2 is 1.95 bits per heavy atom. The second kappa shape index (κ2) is 7.39. The molecule has 1 aromatic heterocycles. The van der Waals surface area contributed by atoms with Gasteiger partial charge in [-0.15, -0.1) is 11.3 Å². The van der Waals surface area contributed by atoms with Crippen LogP contribution in [-0.2, 0) is 11.8 Å². The summed E-state index contributed by atoms with van der Waals surface area (Å²) >= 11 is 5.41. The molecule has 1 unspecified atom stereocenters. The van der Waals surface area contributed by atoms with Gasteiger partial charge < -0.3 is 5.32 Å². The van der Waals surface area contributed by atoms with Crippen LogP contribution < -0.4 is 5.32 Å². The largest absolute Gasteiger partial charge is 0.316 e. The van der Waals surface area contributed by atoms with Crippen molar-refractivity contribution in [3.63, 3.8) is 0 Å². The lowest BCUT2D eigenvalue weighted by Gasteiger charge is -2.33. The number of rotatable bonds is 7. The molecule has 2 rings (SSSR count). The molecule has 1 N–H and O–H groups in total. The lowest BCUT2D eigenvalue weighted by molar-refractivity contribution is 0.384. The van der Waals surface area contributed by atoms with Crippen molar-refractivity contribution in [1.29, 1.82) is 0 Å². The summed E-state index contributed by atoms with van der Waals surface area (Å²) in [5.74, 6) is 0. The van der Waals surface area contributed by atoms with Crippen LogP contribution in [0.25, 0.3) is 0 Å². The number of nitrogens with one attached hydrogen (secondary N) is 1. The molecule has 3 heteroatoms. The molecule has 0 fully saturated rings. The normalized spacial score (nSPS) is 14.2. The van der Waals surface area contributed by atoms with E-state index in [1.54, 1.807) is 0 Å². The van der Waals surface area contributed by atoms with Gasteiger partial charge >= 0.3 is 0 Å². The molecule has 108 valence electrons. The van der Waals surface area contributed by atoms with Crippen molar-refractivity contribution in [2.24, 2.45) is 0 Å². The molecular weight excluding hydrogens is 330 g/mol. The average Bonchev–Trinajstić information content (AvgIpc) is 2.89. The standard InChI is InChI=1S/C17H22BrNS/c1-3-17(13-19-4-2,14-8-6-5-7-9-14)11-16-10-15(18)12-20-16/h5-10,12,19H,3-4,11,13H2,1-2H3. The molecule has 0 radical (unpaired) electrons. The molecule has 20 heavy (non-hydrogen) atoms. The fourth-order valence-electron chi connectivity index (χ4n) is 2.66. The van der Waals surface area contributed by atoms with E-state index in [1.807, 2.05) is 11.3 Å². The molecule has 0 saturated heterocycles. The third-order valence-corrected chi connectivity index (χ3v) is 5.61. The van der Waals surface area contributed by atoms with Gasteiger partial charge in [-0.3, -0.25) is 0 Å². The van der Waals surface area contributed by atoms with E-state index in [1.165, 1.54) is 14.9 Å². The van der Waals surface area contributed by atoms with Crippen molar-refractivity contribution in [1.82, 2.24) is 5.32 Å². The minimum Gasteiger partial charge on any atom is -0.316 e. The molecule has 0 amide bonds. The van der Waals surface area contributed by atoms with Gasteiger partial charge in [0.25, 0.3) is 0 Å². The van der Waals surface area contributed by atoms with Gasteiger partial charge in [0.2, 0.25) is 0 Å². The highest BCUT2D eigenvalue weighted by Gasteiger charge is 2.30. The van der Waals surface area contributed by atoms with Crippen LogP contribution >= 0.6 is 27.3 Å². The lowest BCUT2D eigenvalue weighted by Crippen LogP contribution is -2.39. The summed E-state index contributed by atoms with van der Waals surface area (Å²) in [4.78, 5) is 1.44.